The van der Waals surface area contributed by atoms with Crippen molar-refractivity contribution in [1.29, 1.82) is 0 Å². The first-order valence-electron chi connectivity index (χ1n) is 13.0. The van der Waals surface area contributed by atoms with Crippen LogP contribution in [0, 0.1) is 0 Å². The van der Waals surface area contributed by atoms with Crippen molar-refractivity contribution in [3.63, 3.8) is 0 Å². The fourth-order valence-electron chi connectivity index (χ4n) is 4.57. The number of carbonyl (C=O) groups excluding carboxylic acids is 3. The molecule has 224 valence electrons. The van der Waals surface area contributed by atoms with Crippen LogP contribution in [-0.2, 0) is 19.6 Å². The Hall–Kier alpha value is -3.00. The van der Waals surface area contributed by atoms with Gasteiger partial charge in [0.2, 0.25) is 21.8 Å². The maximum atomic E-state index is 13.5. The molecule has 3 aromatic rings. The predicted molar refractivity (Wildman–Crippen MR) is 163 cm³/mol. The number of nitrogens with zero attached hydrogens (tertiary/aromatic N) is 2. The van der Waals surface area contributed by atoms with Crippen molar-refractivity contribution >= 4 is 72.4 Å². The van der Waals surface area contributed by atoms with E-state index in [1.54, 1.807) is 17.9 Å². The third-order valence-electron chi connectivity index (χ3n) is 6.67. The van der Waals surface area contributed by atoms with Crippen LogP contribution in [0.2, 0.25) is 10.0 Å². The van der Waals surface area contributed by atoms with Crippen molar-refractivity contribution in [3.8, 4) is 0 Å². The highest BCUT2D eigenvalue weighted by Gasteiger charge is 2.34. The van der Waals surface area contributed by atoms with E-state index in [4.69, 9.17) is 23.2 Å². The van der Waals surface area contributed by atoms with Crippen molar-refractivity contribution in [2.45, 2.75) is 30.3 Å². The molecular formula is C28H30Cl2N4O6S2. The van der Waals surface area contributed by atoms with E-state index in [1.165, 1.54) is 34.4 Å². The SMILES string of the molecule is C=C(C)C[C@H](NC(=O)c1cc2ccccc2s1)C(=O)N1CCN(C(=O)[C@H](CO)NS(=O)(=O)c2ccc(Cl)cc2Cl)CC1. The molecule has 3 amide bonds. The number of thiophene rings is 1. The van der Waals surface area contributed by atoms with Crippen molar-refractivity contribution in [1.82, 2.24) is 19.8 Å². The van der Waals surface area contributed by atoms with E-state index in [0.29, 0.717) is 4.88 Å². The van der Waals surface area contributed by atoms with Crippen LogP contribution in [0.25, 0.3) is 10.1 Å². The molecule has 1 aromatic heterocycles. The summed E-state index contributed by atoms with van der Waals surface area (Å²) in [5.74, 6) is -1.31. The fraction of sp³-hybridized carbons (Fsp3) is 0.321. The summed E-state index contributed by atoms with van der Waals surface area (Å²) in [6, 6.07) is 10.9. The zero-order valence-electron chi connectivity index (χ0n) is 22.7. The quantitative estimate of drug-likeness (QED) is 0.288. The van der Waals surface area contributed by atoms with Crippen molar-refractivity contribution in [2.24, 2.45) is 0 Å². The molecule has 1 fully saturated rings. The number of sulfonamides is 1. The van der Waals surface area contributed by atoms with Gasteiger partial charge >= 0.3 is 0 Å². The van der Waals surface area contributed by atoms with E-state index in [0.717, 1.165) is 15.7 Å². The van der Waals surface area contributed by atoms with Gasteiger partial charge in [0.05, 0.1) is 16.5 Å². The monoisotopic (exact) mass is 652 g/mol. The van der Waals surface area contributed by atoms with Gasteiger partial charge in [-0.3, -0.25) is 14.4 Å². The Bertz CT molecular complexity index is 1590. The van der Waals surface area contributed by atoms with E-state index in [1.807, 2.05) is 24.3 Å². The van der Waals surface area contributed by atoms with Crippen LogP contribution < -0.4 is 10.0 Å². The molecule has 2 atom stereocenters. The van der Waals surface area contributed by atoms with Crippen molar-refractivity contribution in [3.05, 3.63) is 75.6 Å². The number of benzene rings is 2. The summed E-state index contributed by atoms with van der Waals surface area (Å²) in [4.78, 5) is 42.8. The molecule has 42 heavy (non-hydrogen) atoms. The minimum absolute atomic E-state index is 0.106. The van der Waals surface area contributed by atoms with Crippen LogP contribution in [0.3, 0.4) is 0 Å². The summed E-state index contributed by atoms with van der Waals surface area (Å²) in [5, 5.41) is 13.7. The number of amides is 3. The number of nitrogens with one attached hydrogen (secondary N) is 2. The van der Waals surface area contributed by atoms with Crippen molar-refractivity contribution in [2.75, 3.05) is 32.8 Å². The second-order valence-electron chi connectivity index (χ2n) is 9.92. The van der Waals surface area contributed by atoms with Crippen LogP contribution in [0.15, 0.2) is 65.6 Å². The topological polar surface area (TPSA) is 136 Å². The van der Waals surface area contributed by atoms with Gasteiger partial charge in [-0.1, -0.05) is 47.0 Å². The maximum absolute atomic E-state index is 13.5. The Labute approximate surface area is 257 Å². The summed E-state index contributed by atoms with van der Waals surface area (Å²) < 4.78 is 28.9. The van der Waals surface area contributed by atoms with E-state index in [9.17, 15) is 27.9 Å². The first-order chi connectivity index (χ1) is 19.9. The Morgan fingerprint density at radius 1 is 1.00 bits per heavy atom. The van der Waals surface area contributed by atoms with Crippen molar-refractivity contribution < 1.29 is 27.9 Å². The number of fused-ring (bicyclic) bond motifs is 1. The molecule has 0 radical (unpaired) electrons. The van der Waals surface area contributed by atoms with Gasteiger partial charge in [-0.25, -0.2) is 8.42 Å². The highest BCUT2D eigenvalue weighted by molar-refractivity contribution is 7.89. The molecule has 0 unspecified atom stereocenters. The molecular weight excluding hydrogens is 623 g/mol. The molecule has 0 spiro atoms. The number of hydrogen-bond donors (Lipinski definition) is 3. The summed E-state index contributed by atoms with van der Waals surface area (Å²) in [6.45, 7) is 5.41. The second-order valence-corrected chi connectivity index (χ2v) is 13.5. The summed E-state index contributed by atoms with van der Waals surface area (Å²) in [6.07, 6.45) is 0.246. The summed E-state index contributed by atoms with van der Waals surface area (Å²) >= 11 is 13.2. The third kappa shape index (κ3) is 7.49. The van der Waals surface area contributed by atoms with Gasteiger partial charge < -0.3 is 20.2 Å². The zero-order valence-corrected chi connectivity index (χ0v) is 25.8. The first-order valence-corrected chi connectivity index (χ1v) is 16.0. The van der Waals surface area contributed by atoms with Crippen LogP contribution in [0.5, 0.6) is 0 Å². The zero-order chi connectivity index (χ0) is 30.6. The number of rotatable bonds is 10. The molecule has 2 aromatic carbocycles. The Kier molecular flexibility index (Phi) is 10.3. The van der Waals surface area contributed by atoms with Gasteiger partial charge in [0.1, 0.15) is 17.0 Å². The van der Waals surface area contributed by atoms with Gasteiger partial charge in [-0.15, -0.1) is 17.9 Å². The Morgan fingerprint density at radius 3 is 2.19 bits per heavy atom. The molecule has 1 aliphatic heterocycles. The Balaban J connectivity index is 1.39. The van der Waals surface area contributed by atoms with Gasteiger partial charge in [-0.2, -0.15) is 4.72 Å². The van der Waals surface area contributed by atoms with Crippen LogP contribution in [0.1, 0.15) is 23.0 Å². The second kappa shape index (κ2) is 13.5. The van der Waals surface area contributed by atoms with E-state index >= 15 is 0 Å². The number of hydrogen-bond acceptors (Lipinski definition) is 7. The number of aliphatic hydroxyl groups excluding tert-OH is 1. The van der Waals surface area contributed by atoms with Gasteiger partial charge in [-0.05, 0) is 49.1 Å². The number of halogens is 2. The number of aliphatic hydroxyl groups is 1. The average Bonchev–Trinajstić information content (AvgIpc) is 3.39. The molecule has 4 rings (SSSR count). The lowest BCUT2D eigenvalue weighted by atomic mass is 10.1. The van der Waals surface area contributed by atoms with Gasteiger partial charge in [0, 0.05) is 35.9 Å². The molecule has 2 heterocycles. The fourth-order valence-corrected chi connectivity index (χ4v) is 7.49. The molecule has 14 heteroatoms. The van der Waals surface area contributed by atoms with Gasteiger partial charge in [0.15, 0.2) is 0 Å². The molecule has 1 aliphatic rings. The lowest BCUT2D eigenvalue weighted by Gasteiger charge is -2.37. The van der Waals surface area contributed by atoms with E-state index < -0.39 is 34.6 Å². The predicted octanol–water partition coefficient (Wildman–Crippen LogP) is 3.28. The van der Waals surface area contributed by atoms with Crippen LogP contribution >= 0.6 is 34.5 Å². The lowest BCUT2D eigenvalue weighted by molar-refractivity contribution is -0.142. The minimum atomic E-state index is -4.25. The molecule has 0 aliphatic carbocycles. The van der Waals surface area contributed by atoms with E-state index in [2.05, 4.69) is 16.6 Å². The molecule has 10 nitrogen and oxygen atoms in total. The summed E-state index contributed by atoms with van der Waals surface area (Å²) in [5.41, 5.74) is 0.720. The standard InChI is InChI=1S/C28H30Cl2N4O6S2/c1-17(2)13-21(31-26(36)24-14-18-5-3-4-6-23(18)41-24)27(37)33-9-11-34(12-10-33)28(38)22(16-35)32-42(39,40)25-8-7-19(29)15-20(25)30/h3-8,14-15,21-22,32,35H,1,9-13,16H2,2H3,(H,31,36)/t21-,22-/m0/s1. The van der Waals surface area contributed by atoms with Gasteiger partial charge in [0.25, 0.3) is 5.91 Å². The van der Waals surface area contributed by atoms with Crippen LogP contribution in [0.4, 0.5) is 0 Å². The smallest absolute Gasteiger partial charge is 0.262 e. The number of piperazine rings is 1. The molecule has 0 saturated carbocycles. The summed E-state index contributed by atoms with van der Waals surface area (Å²) in [7, 11) is -4.25. The largest absolute Gasteiger partial charge is 0.394 e. The normalized spacial score (nSPS) is 15.3. The highest BCUT2D eigenvalue weighted by atomic mass is 35.5. The highest BCUT2D eigenvalue weighted by Crippen LogP contribution is 2.26. The van der Waals surface area contributed by atoms with E-state index in [-0.39, 0.29) is 59.4 Å². The third-order valence-corrected chi connectivity index (χ3v) is 9.97. The molecule has 1 saturated heterocycles. The average molecular weight is 654 g/mol. The molecule has 3 N–H and O–H groups in total. The number of carbonyl (C=O) groups is 3. The Morgan fingerprint density at radius 2 is 1.62 bits per heavy atom. The first kappa shape index (κ1) is 31.9. The minimum Gasteiger partial charge on any atom is -0.394 e. The molecule has 0 bridgehead atoms. The maximum Gasteiger partial charge on any atom is 0.262 e. The van der Waals surface area contributed by atoms with Crippen LogP contribution in [-0.4, -0.2) is 85.9 Å². The lowest BCUT2D eigenvalue weighted by Crippen LogP contribution is -2.59.